The standard InChI is InChI=1S/C17H28N4O4S/c1-14-12-17(19(2)18-14)26(23,24)21-7-3-4-15(13-21)5-6-16(22)20-8-10-25-11-9-20/h12,15H,3-11,13H2,1-2H3/t15-/m0/s1. The summed E-state index contributed by atoms with van der Waals surface area (Å²) >= 11 is 0. The number of piperidine rings is 1. The molecule has 0 aromatic carbocycles. The first-order chi connectivity index (χ1) is 12.4. The molecule has 2 aliphatic rings. The lowest BCUT2D eigenvalue weighted by molar-refractivity contribution is -0.135. The van der Waals surface area contributed by atoms with Crippen LogP contribution in [0.1, 0.15) is 31.4 Å². The zero-order valence-electron chi connectivity index (χ0n) is 15.6. The maximum absolute atomic E-state index is 12.9. The van der Waals surface area contributed by atoms with Gasteiger partial charge in [0, 0.05) is 39.6 Å². The number of nitrogens with zero attached hydrogens (tertiary/aromatic N) is 4. The summed E-state index contributed by atoms with van der Waals surface area (Å²) in [4.78, 5) is 14.2. The molecule has 0 unspecified atom stereocenters. The molecule has 2 fully saturated rings. The van der Waals surface area contributed by atoms with Crippen molar-refractivity contribution in [1.29, 1.82) is 0 Å². The molecule has 1 atom stereocenters. The molecule has 8 nitrogen and oxygen atoms in total. The van der Waals surface area contributed by atoms with Crippen LogP contribution in [0.15, 0.2) is 11.1 Å². The van der Waals surface area contributed by atoms with Crippen molar-refractivity contribution in [2.75, 3.05) is 39.4 Å². The molecule has 1 amide bonds. The average Bonchev–Trinajstić information content (AvgIpc) is 2.99. The first-order valence-electron chi connectivity index (χ1n) is 9.24. The monoisotopic (exact) mass is 384 g/mol. The van der Waals surface area contributed by atoms with Crippen molar-refractivity contribution < 1.29 is 17.9 Å². The Hall–Kier alpha value is -1.45. The summed E-state index contributed by atoms with van der Waals surface area (Å²) in [6, 6.07) is 1.61. The third-order valence-electron chi connectivity index (χ3n) is 5.18. The van der Waals surface area contributed by atoms with Gasteiger partial charge in [0.05, 0.1) is 18.9 Å². The van der Waals surface area contributed by atoms with Crippen molar-refractivity contribution in [2.24, 2.45) is 13.0 Å². The van der Waals surface area contributed by atoms with Crippen molar-refractivity contribution in [3.63, 3.8) is 0 Å². The molecule has 0 spiro atoms. The smallest absolute Gasteiger partial charge is 0.260 e. The minimum atomic E-state index is -3.54. The van der Waals surface area contributed by atoms with E-state index in [4.69, 9.17) is 4.74 Å². The van der Waals surface area contributed by atoms with Crippen molar-refractivity contribution in [3.05, 3.63) is 11.8 Å². The minimum Gasteiger partial charge on any atom is -0.378 e. The van der Waals surface area contributed by atoms with Crippen LogP contribution in [0.5, 0.6) is 0 Å². The molecule has 0 aliphatic carbocycles. The summed E-state index contributed by atoms with van der Waals surface area (Å²) in [7, 11) is -1.89. The zero-order valence-corrected chi connectivity index (χ0v) is 16.4. The van der Waals surface area contributed by atoms with Crippen molar-refractivity contribution >= 4 is 15.9 Å². The van der Waals surface area contributed by atoms with E-state index >= 15 is 0 Å². The van der Waals surface area contributed by atoms with E-state index in [9.17, 15) is 13.2 Å². The molecule has 0 saturated carbocycles. The van der Waals surface area contributed by atoms with Crippen LogP contribution in [-0.2, 0) is 26.6 Å². The quantitative estimate of drug-likeness (QED) is 0.749. The number of morpholine rings is 1. The first kappa shape index (κ1) is 19.3. The Morgan fingerprint density at radius 1 is 1.31 bits per heavy atom. The molecule has 9 heteroatoms. The predicted octanol–water partition coefficient (Wildman–Crippen LogP) is 0.768. The van der Waals surface area contributed by atoms with E-state index in [1.54, 1.807) is 24.3 Å². The molecule has 0 N–H and O–H groups in total. The molecule has 0 radical (unpaired) electrons. The van der Waals surface area contributed by atoms with Gasteiger partial charge in [-0.3, -0.25) is 9.48 Å². The van der Waals surface area contributed by atoms with E-state index in [1.165, 1.54) is 4.68 Å². The van der Waals surface area contributed by atoms with Crippen LogP contribution >= 0.6 is 0 Å². The zero-order chi connectivity index (χ0) is 18.7. The molecule has 1 aromatic rings. The van der Waals surface area contributed by atoms with Gasteiger partial charge >= 0.3 is 0 Å². The Morgan fingerprint density at radius 2 is 2.04 bits per heavy atom. The van der Waals surface area contributed by atoms with E-state index < -0.39 is 10.0 Å². The lowest BCUT2D eigenvalue weighted by Gasteiger charge is -2.32. The Morgan fingerprint density at radius 3 is 2.69 bits per heavy atom. The van der Waals surface area contributed by atoms with Crippen LogP contribution in [0.25, 0.3) is 0 Å². The molecular formula is C17H28N4O4S. The van der Waals surface area contributed by atoms with Crippen molar-refractivity contribution in [3.8, 4) is 0 Å². The number of carbonyl (C=O) groups excluding carboxylic acids is 1. The lowest BCUT2D eigenvalue weighted by Crippen LogP contribution is -2.42. The summed E-state index contributed by atoms with van der Waals surface area (Å²) < 4.78 is 34.1. The second-order valence-corrected chi connectivity index (χ2v) is 9.04. The van der Waals surface area contributed by atoms with Gasteiger partial charge in [0.2, 0.25) is 5.91 Å². The fraction of sp³-hybridized carbons (Fsp3) is 0.765. The highest BCUT2D eigenvalue weighted by molar-refractivity contribution is 7.89. The number of ether oxygens (including phenoxy) is 1. The number of hydrogen-bond donors (Lipinski definition) is 0. The number of hydrogen-bond acceptors (Lipinski definition) is 5. The van der Waals surface area contributed by atoms with Crippen molar-refractivity contribution in [1.82, 2.24) is 19.0 Å². The largest absolute Gasteiger partial charge is 0.378 e. The number of aromatic nitrogens is 2. The van der Waals surface area contributed by atoms with Gasteiger partial charge < -0.3 is 9.64 Å². The van der Waals surface area contributed by atoms with Crippen LogP contribution < -0.4 is 0 Å². The first-order valence-corrected chi connectivity index (χ1v) is 10.7. The summed E-state index contributed by atoms with van der Waals surface area (Å²) in [5.74, 6) is 0.369. The SMILES string of the molecule is Cc1cc(S(=O)(=O)N2CCC[C@@H](CCC(=O)N3CCOCC3)C2)n(C)n1. The summed E-state index contributed by atoms with van der Waals surface area (Å²) in [6.07, 6.45) is 3.00. The van der Waals surface area contributed by atoms with Crippen LogP contribution in [0.2, 0.25) is 0 Å². The van der Waals surface area contributed by atoms with Gasteiger partial charge in [-0.1, -0.05) is 0 Å². The van der Waals surface area contributed by atoms with E-state index in [1.807, 2.05) is 4.90 Å². The predicted molar refractivity (Wildman–Crippen MR) is 96.1 cm³/mol. The molecule has 1 aromatic heterocycles. The molecule has 26 heavy (non-hydrogen) atoms. The second-order valence-electron chi connectivity index (χ2n) is 7.15. The summed E-state index contributed by atoms with van der Waals surface area (Å²) in [5, 5.41) is 4.39. The van der Waals surface area contributed by atoms with E-state index in [-0.39, 0.29) is 16.9 Å². The van der Waals surface area contributed by atoms with Crippen LogP contribution in [0.3, 0.4) is 0 Å². The fourth-order valence-corrected chi connectivity index (χ4v) is 5.48. The maximum atomic E-state index is 12.9. The topological polar surface area (TPSA) is 84.7 Å². The number of amides is 1. The summed E-state index contributed by atoms with van der Waals surface area (Å²) in [5.41, 5.74) is 0.691. The number of aryl methyl sites for hydroxylation is 2. The van der Waals surface area contributed by atoms with Gasteiger partial charge in [-0.25, -0.2) is 8.42 Å². The van der Waals surface area contributed by atoms with Gasteiger partial charge in [-0.05, 0) is 38.2 Å². The molecule has 3 rings (SSSR count). The highest BCUT2D eigenvalue weighted by Crippen LogP contribution is 2.26. The Labute approximate surface area is 155 Å². The lowest BCUT2D eigenvalue weighted by atomic mass is 9.94. The van der Waals surface area contributed by atoms with Crippen LogP contribution in [-0.4, -0.2) is 72.7 Å². The van der Waals surface area contributed by atoms with Gasteiger partial charge in [0.1, 0.15) is 0 Å². The molecule has 0 bridgehead atoms. The van der Waals surface area contributed by atoms with Crippen molar-refractivity contribution in [2.45, 2.75) is 37.6 Å². The number of carbonyl (C=O) groups is 1. The highest BCUT2D eigenvalue weighted by Gasteiger charge is 2.32. The summed E-state index contributed by atoms with van der Waals surface area (Å²) in [6.45, 7) is 5.31. The second kappa shape index (κ2) is 8.06. The van der Waals surface area contributed by atoms with Gasteiger partial charge in [0.25, 0.3) is 10.0 Å². The van der Waals surface area contributed by atoms with Gasteiger partial charge in [-0.15, -0.1) is 0 Å². The molecule has 2 saturated heterocycles. The maximum Gasteiger partial charge on any atom is 0.260 e. The van der Waals surface area contributed by atoms with Gasteiger partial charge in [0.15, 0.2) is 5.03 Å². The van der Waals surface area contributed by atoms with E-state index in [2.05, 4.69) is 5.10 Å². The third-order valence-corrected chi connectivity index (χ3v) is 7.10. The third kappa shape index (κ3) is 4.27. The Bertz CT molecular complexity index is 740. The fourth-order valence-electron chi connectivity index (χ4n) is 3.74. The number of rotatable bonds is 5. The molecular weight excluding hydrogens is 356 g/mol. The number of sulfonamides is 1. The Kier molecular flexibility index (Phi) is 5.99. The highest BCUT2D eigenvalue weighted by atomic mass is 32.2. The van der Waals surface area contributed by atoms with E-state index in [0.29, 0.717) is 51.5 Å². The van der Waals surface area contributed by atoms with Gasteiger partial charge in [-0.2, -0.15) is 9.40 Å². The van der Waals surface area contributed by atoms with Crippen LogP contribution in [0, 0.1) is 12.8 Å². The molecule has 2 aliphatic heterocycles. The molecule has 3 heterocycles. The van der Waals surface area contributed by atoms with Crippen LogP contribution in [0.4, 0.5) is 0 Å². The van der Waals surface area contributed by atoms with E-state index in [0.717, 1.165) is 19.3 Å². The molecule has 146 valence electrons. The average molecular weight is 385 g/mol. The normalized spacial score (nSPS) is 22.5. The minimum absolute atomic E-state index is 0.149. The Balaban J connectivity index is 1.58.